The smallest absolute Gasteiger partial charge is 0.161 e. The van der Waals surface area contributed by atoms with Gasteiger partial charge in [0.1, 0.15) is 16.7 Å². The summed E-state index contributed by atoms with van der Waals surface area (Å²) in [6.07, 6.45) is 1.72. The first-order chi connectivity index (χ1) is 8.37. The molecule has 0 aliphatic carbocycles. The highest BCUT2D eigenvalue weighted by Crippen LogP contribution is 2.31. The Morgan fingerprint density at radius 2 is 2.06 bits per heavy atom. The summed E-state index contributed by atoms with van der Waals surface area (Å²) in [4.78, 5) is 4.26. The number of fused-ring (bicyclic) bond motifs is 1. The fourth-order valence-electron chi connectivity index (χ4n) is 1.72. The SMILES string of the molecule is CC(C)Nc1n[nH]c2nccc(OC(C)(C)C)c12. The number of pyridine rings is 1. The molecule has 98 valence electrons. The van der Waals surface area contributed by atoms with E-state index in [0.29, 0.717) is 6.04 Å². The highest BCUT2D eigenvalue weighted by atomic mass is 16.5. The number of ether oxygens (including phenoxy) is 1. The summed E-state index contributed by atoms with van der Waals surface area (Å²) in [5, 5.41) is 11.4. The van der Waals surface area contributed by atoms with Crippen molar-refractivity contribution in [2.75, 3.05) is 5.32 Å². The van der Waals surface area contributed by atoms with E-state index >= 15 is 0 Å². The number of rotatable bonds is 3. The normalized spacial score (nSPS) is 12.1. The molecule has 0 amide bonds. The van der Waals surface area contributed by atoms with Crippen LogP contribution in [-0.4, -0.2) is 26.8 Å². The summed E-state index contributed by atoms with van der Waals surface area (Å²) >= 11 is 0. The van der Waals surface area contributed by atoms with Crippen molar-refractivity contribution >= 4 is 16.9 Å². The van der Waals surface area contributed by atoms with Crippen molar-refractivity contribution in [3.8, 4) is 5.75 Å². The zero-order chi connectivity index (χ0) is 13.3. The van der Waals surface area contributed by atoms with E-state index in [-0.39, 0.29) is 5.60 Å². The first-order valence-corrected chi connectivity index (χ1v) is 6.15. The Morgan fingerprint density at radius 1 is 1.33 bits per heavy atom. The van der Waals surface area contributed by atoms with Crippen LogP contribution in [-0.2, 0) is 0 Å². The molecule has 18 heavy (non-hydrogen) atoms. The van der Waals surface area contributed by atoms with Crippen LogP contribution in [0.15, 0.2) is 12.3 Å². The maximum Gasteiger partial charge on any atom is 0.161 e. The van der Waals surface area contributed by atoms with Gasteiger partial charge in [-0.15, -0.1) is 0 Å². The quantitative estimate of drug-likeness (QED) is 0.876. The molecule has 2 aromatic heterocycles. The van der Waals surface area contributed by atoms with Crippen molar-refractivity contribution in [2.45, 2.75) is 46.3 Å². The zero-order valence-corrected chi connectivity index (χ0v) is 11.5. The van der Waals surface area contributed by atoms with Gasteiger partial charge >= 0.3 is 0 Å². The summed E-state index contributed by atoms with van der Waals surface area (Å²) < 4.78 is 5.96. The average molecular weight is 248 g/mol. The van der Waals surface area contributed by atoms with Crippen LogP contribution >= 0.6 is 0 Å². The Labute approximate surface area is 107 Å². The van der Waals surface area contributed by atoms with Gasteiger partial charge in [-0.25, -0.2) is 4.98 Å². The minimum absolute atomic E-state index is 0.249. The zero-order valence-electron chi connectivity index (χ0n) is 11.5. The molecule has 0 fully saturated rings. The van der Waals surface area contributed by atoms with Crippen molar-refractivity contribution in [1.29, 1.82) is 0 Å². The van der Waals surface area contributed by atoms with E-state index in [9.17, 15) is 0 Å². The number of nitrogens with zero attached hydrogens (tertiary/aromatic N) is 2. The minimum Gasteiger partial charge on any atom is -0.487 e. The maximum absolute atomic E-state index is 5.96. The van der Waals surface area contributed by atoms with Gasteiger partial charge in [0.2, 0.25) is 0 Å². The second-order valence-electron chi connectivity index (χ2n) is 5.62. The fourth-order valence-corrected chi connectivity index (χ4v) is 1.72. The van der Waals surface area contributed by atoms with Gasteiger partial charge in [0.25, 0.3) is 0 Å². The Balaban J connectivity index is 2.48. The molecule has 5 nitrogen and oxygen atoms in total. The minimum atomic E-state index is -0.249. The molecule has 0 aliphatic heterocycles. The Morgan fingerprint density at radius 3 is 2.67 bits per heavy atom. The average Bonchev–Trinajstić information content (AvgIpc) is 2.59. The second-order valence-corrected chi connectivity index (χ2v) is 5.62. The molecular formula is C13H20N4O. The summed E-state index contributed by atoms with van der Waals surface area (Å²) in [7, 11) is 0. The molecule has 2 N–H and O–H groups in total. The molecule has 0 unspecified atom stereocenters. The van der Waals surface area contributed by atoms with E-state index in [1.165, 1.54) is 0 Å². The van der Waals surface area contributed by atoms with E-state index in [0.717, 1.165) is 22.6 Å². The van der Waals surface area contributed by atoms with Gasteiger partial charge in [0.05, 0.1) is 0 Å². The van der Waals surface area contributed by atoms with Crippen LogP contribution in [0.4, 0.5) is 5.82 Å². The molecule has 0 saturated carbocycles. The van der Waals surface area contributed by atoms with E-state index in [1.807, 2.05) is 26.8 Å². The van der Waals surface area contributed by atoms with Gasteiger partial charge in [-0.1, -0.05) is 0 Å². The van der Waals surface area contributed by atoms with Crippen LogP contribution in [0.3, 0.4) is 0 Å². The number of H-pyrrole nitrogens is 1. The Hall–Kier alpha value is -1.78. The third-order valence-corrected chi connectivity index (χ3v) is 2.26. The molecule has 0 spiro atoms. The molecule has 2 rings (SSSR count). The third-order valence-electron chi connectivity index (χ3n) is 2.26. The molecule has 0 aromatic carbocycles. The summed E-state index contributed by atoms with van der Waals surface area (Å²) in [5.41, 5.74) is 0.487. The Bertz CT molecular complexity index is 539. The van der Waals surface area contributed by atoms with Crippen molar-refractivity contribution in [3.05, 3.63) is 12.3 Å². The van der Waals surface area contributed by atoms with Crippen LogP contribution in [0.2, 0.25) is 0 Å². The lowest BCUT2D eigenvalue weighted by atomic mass is 10.2. The lowest BCUT2D eigenvalue weighted by Crippen LogP contribution is -2.23. The van der Waals surface area contributed by atoms with Gasteiger partial charge in [0.15, 0.2) is 11.5 Å². The van der Waals surface area contributed by atoms with Crippen LogP contribution < -0.4 is 10.1 Å². The van der Waals surface area contributed by atoms with E-state index in [4.69, 9.17) is 4.74 Å². The number of nitrogens with one attached hydrogen (secondary N) is 2. The number of anilines is 1. The standard InChI is InChI=1S/C13H20N4O/c1-8(2)15-12-10-9(18-13(3,4)5)6-7-14-11(10)16-17-12/h6-8H,1-5H3,(H2,14,15,16,17). The molecule has 0 atom stereocenters. The van der Waals surface area contributed by atoms with Crippen LogP contribution in [0.1, 0.15) is 34.6 Å². The van der Waals surface area contributed by atoms with Gasteiger partial charge in [0, 0.05) is 12.2 Å². The van der Waals surface area contributed by atoms with Gasteiger partial charge < -0.3 is 10.1 Å². The highest BCUT2D eigenvalue weighted by molar-refractivity contribution is 5.92. The summed E-state index contributed by atoms with van der Waals surface area (Å²) in [5.74, 6) is 1.58. The second kappa shape index (κ2) is 4.48. The summed E-state index contributed by atoms with van der Waals surface area (Å²) in [6, 6.07) is 2.17. The number of hydrogen-bond donors (Lipinski definition) is 2. The molecule has 2 aromatic rings. The predicted molar refractivity (Wildman–Crippen MR) is 73.0 cm³/mol. The van der Waals surface area contributed by atoms with Crippen molar-refractivity contribution in [3.63, 3.8) is 0 Å². The van der Waals surface area contributed by atoms with Crippen molar-refractivity contribution in [2.24, 2.45) is 0 Å². The first kappa shape index (κ1) is 12.7. The Kier molecular flexibility index (Phi) is 3.15. The van der Waals surface area contributed by atoms with Crippen molar-refractivity contribution < 1.29 is 4.74 Å². The van der Waals surface area contributed by atoms with E-state index in [1.54, 1.807) is 6.20 Å². The fraction of sp³-hybridized carbons (Fsp3) is 0.538. The highest BCUT2D eigenvalue weighted by Gasteiger charge is 2.18. The topological polar surface area (TPSA) is 62.8 Å². The van der Waals surface area contributed by atoms with E-state index in [2.05, 4.69) is 34.3 Å². The monoisotopic (exact) mass is 248 g/mol. The third kappa shape index (κ3) is 2.72. The van der Waals surface area contributed by atoms with Crippen LogP contribution in [0.25, 0.3) is 11.0 Å². The molecule has 2 heterocycles. The summed E-state index contributed by atoms with van der Waals surface area (Å²) in [6.45, 7) is 10.2. The first-order valence-electron chi connectivity index (χ1n) is 6.15. The molecule has 5 heteroatoms. The van der Waals surface area contributed by atoms with Gasteiger partial charge in [-0.05, 0) is 40.7 Å². The number of aromatic amines is 1. The van der Waals surface area contributed by atoms with Crippen LogP contribution in [0.5, 0.6) is 5.75 Å². The lowest BCUT2D eigenvalue weighted by Gasteiger charge is -2.22. The number of aromatic nitrogens is 3. The molecule has 0 radical (unpaired) electrons. The maximum atomic E-state index is 5.96. The molecule has 0 aliphatic rings. The molecular weight excluding hydrogens is 228 g/mol. The van der Waals surface area contributed by atoms with Gasteiger partial charge in [-0.2, -0.15) is 5.10 Å². The number of hydrogen-bond acceptors (Lipinski definition) is 4. The lowest BCUT2D eigenvalue weighted by molar-refractivity contribution is 0.133. The largest absolute Gasteiger partial charge is 0.487 e. The van der Waals surface area contributed by atoms with Gasteiger partial charge in [-0.3, -0.25) is 5.10 Å². The molecule has 0 bridgehead atoms. The van der Waals surface area contributed by atoms with Crippen molar-refractivity contribution in [1.82, 2.24) is 15.2 Å². The predicted octanol–water partition coefficient (Wildman–Crippen LogP) is 2.96. The molecule has 0 saturated heterocycles. The van der Waals surface area contributed by atoms with Crippen LogP contribution in [0, 0.1) is 0 Å². The van der Waals surface area contributed by atoms with E-state index < -0.39 is 0 Å².